The number of carbonyl (C=O) groups excluding carboxylic acids is 2. The highest BCUT2D eigenvalue weighted by atomic mass is 32.2. The maximum absolute atomic E-state index is 14.1. The van der Waals surface area contributed by atoms with Gasteiger partial charge in [0, 0.05) is 12.0 Å². The van der Waals surface area contributed by atoms with Crippen LogP contribution < -0.4 is 14.8 Å². The third kappa shape index (κ3) is 6.99. The summed E-state index contributed by atoms with van der Waals surface area (Å²) < 4.78 is 13.2. The van der Waals surface area contributed by atoms with Crippen molar-refractivity contribution in [2.75, 3.05) is 20.0 Å². The minimum Gasteiger partial charge on any atom is -0.493 e. The SMILES string of the molecule is COc1cccc([C@H]2CC(c3cccs3)=NN2C(=O)CSc2nnc(CNC(=O)Cc3ccccc3)n2-c2cccc(C)c2C)c1OC. The van der Waals surface area contributed by atoms with Gasteiger partial charge in [0.2, 0.25) is 5.91 Å². The van der Waals surface area contributed by atoms with Crippen molar-refractivity contribution in [1.82, 2.24) is 25.1 Å². The van der Waals surface area contributed by atoms with Gasteiger partial charge >= 0.3 is 0 Å². The molecule has 0 bridgehead atoms. The second-order valence-corrected chi connectivity index (χ2v) is 13.1. The molecule has 12 heteroatoms. The molecule has 1 aliphatic heterocycles. The summed E-state index contributed by atoms with van der Waals surface area (Å²) in [4.78, 5) is 27.9. The Kier molecular flexibility index (Phi) is 10.2. The molecule has 0 saturated heterocycles. The Morgan fingerprint density at radius 2 is 1.77 bits per heavy atom. The molecule has 2 amide bonds. The number of thiophene rings is 1. The molecule has 1 aliphatic rings. The lowest BCUT2D eigenvalue weighted by atomic mass is 9.99. The molecule has 0 unspecified atom stereocenters. The average molecular weight is 681 g/mol. The van der Waals surface area contributed by atoms with Crippen LogP contribution in [0.15, 0.2) is 94.5 Å². The van der Waals surface area contributed by atoms with E-state index in [1.807, 2.05) is 103 Å². The molecule has 1 atom stereocenters. The van der Waals surface area contributed by atoms with Gasteiger partial charge in [-0.05, 0) is 54.1 Å². The van der Waals surface area contributed by atoms with Crippen molar-refractivity contribution in [1.29, 1.82) is 0 Å². The lowest BCUT2D eigenvalue weighted by Crippen LogP contribution is -2.29. The Morgan fingerprint density at radius 3 is 2.52 bits per heavy atom. The van der Waals surface area contributed by atoms with Gasteiger partial charge in [-0.1, -0.05) is 72.4 Å². The summed E-state index contributed by atoms with van der Waals surface area (Å²) in [5.74, 6) is 1.49. The van der Waals surface area contributed by atoms with Crippen LogP contribution in [0.5, 0.6) is 11.5 Å². The van der Waals surface area contributed by atoms with Crippen molar-refractivity contribution in [2.24, 2.45) is 5.10 Å². The number of nitrogens with one attached hydrogen (secondary N) is 1. The Bertz CT molecular complexity index is 1940. The molecular weight excluding hydrogens is 645 g/mol. The number of rotatable bonds is 12. The predicted molar refractivity (Wildman–Crippen MR) is 188 cm³/mol. The van der Waals surface area contributed by atoms with E-state index in [2.05, 4.69) is 15.5 Å². The molecule has 246 valence electrons. The molecule has 0 radical (unpaired) electrons. The summed E-state index contributed by atoms with van der Waals surface area (Å²) in [6, 6.07) is 24.9. The molecule has 48 heavy (non-hydrogen) atoms. The monoisotopic (exact) mass is 680 g/mol. The normalized spacial score (nSPS) is 14.1. The number of thioether (sulfide) groups is 1. The largest absolute Gasteiger partial charge is 0.493 e. The van der Waals surface area contributed by atoms with E-state index in [0.29, 0.717) is 28.9 Å². The molecular formula is C36H36N6O4S2. The molecule has 3 aromatic carbocycles. The zero-order valence-corrected chi connectivity index (χ0v) is 28.8. The highest BCUT2D eigenvalue weighted by Gasteiger charge is 2.36. The lowest BCUT2D eigenvalue weighted by molar-refractivity contribution is -0.130. The van der Waals surface area contributed by atoms with Gasteiger partial charge in [0.1, 0.15) is 0 Å². The fourth-order valence-corrected chi connectivity index (χ4v) is 7.23. The van der Waals surface area contributed by atoms with Gasteiger partial charge in [0.05, 0.1) is 55.3 Å². The first-order chi connectivity index (χ1) is 23.4. The number of hydrazone groups is 1. The number of para-hydroxylation sites is 1. The van der Waals surface area contributed by atoms with Crippen LogP contribution in [-0.2, 0) is 22.6 Å². The molecule has 0 fully saturated rings. The van der Waals surface area contributed by atoms with Crippen LogP contribution in [0.1, 0.15) is 45.4 Å². The number of aromatic nitrogens is 3. The van der Waals surface area contributed by atoms with Gasteiger partial charge in [0.25, 0.3) is 5.91 Å². The summed E-state index contributed by atoms with van der Waals surface area (Å²) >= 11 is 2.87. The van der Waals surface area contributed by atoms with E-state index in [9.17, 15) is 9.59 Å². The zero-order valence-electron chi connectivity index (χ0n) is 27.2. The molecule has 1 N–H and O–H groups in total. The Labute approximate surface area is 287 Å². The summed E-state index contributed by atoms with van der Waals surface area (Å²) in [5.41, 5.74) is 5.63. The van der Waals surface area contributed by atoms with Gasteiger partial charge in [-0.3, -0.25) is 14.2 Å². The van der Waals surface area contributed by atoms with Crippen LogP contribution in [0.25, 0.3) is 5.69 Å². The third-order valence-corrected chi connectivity index (χ3v) is 10.1. The quantitative estimate of drug-likeness (QED) is 0.154. The first kappa shape index (κ1) is 33.0. The minimum absolute atomic E-state index is 0.0629. The number of hydrogen-bond donors (Lipinski definition) is 1. The van der Waals surface area contributed by atoms with E-state index < -0.39 is 0 Å². The number of hydrogen-bond acceptors (Lipinski definition) is 9. The van der Waals surface area contributed by atoms with Crippen LogP contribution in [-0.4, -0.2) is 57.3 Å². The van der Waals surface area contributed by atoms with Crippen molar-refractivity contribution in [3.63, 3.8) is 0 Å². The standard InChI is InChI=1S/C36H36N6O4S2/c1-23-11-8-15-28(24(23)2)41-32(21-37-33(43)19-25-12-6-5-7-13-25)38-39-36(41)48-22-34(44)42-29(20-27(40-42)31-17-10-18-47-31)26-14-9-16-30(45-3)35(26)46-4/h5-18,29H,19-22H2,1-4H3,(H,37,43)/t29-/m1/s1. The maximum Gasteiger partial charge on any atom is 0.253 e. The predicted octanol–water partition coefficient (Wildman–Crippen LogP) is 6.29. The van der Waals surface area contributed by atoms with Crippen LogP contribution in [0, 0.1) is 13.8 Å². The van der Waals surface area contributed by atoms with Crippen LogP contribution in [0.2, 0.25) is 0 Å². The maximum atomic E-state index is 14.1. The van der Waals surface area contributed by atoms with Gasteiger partial charge in [0.15, 0.2) is 22.5 Å². The molecule has 0 spiro atoms. The molecule has 6 rings (SSSR count). The third-order valence-electron chi connectivity index (χ3n) is 8.26. The second-order valence-electron chi connectivity index (χ2n) is 11.2. The Balaban J connectivity index is 1.27. The molecule has 3 heterocycles. The number of amides is 2. The van der Waals surface area contributed by atoms with Gasteiger partial charge < -0.3 is 14.8 Å². The molecule has 0 aliphatic carbocycles. The summed E-state index contributed by atoms with van der Waals surface area (Å²) in [7, 11) is 3.19. The summed E-state index contributed by atoms with van der Waals surface area (Å²) in [5, 5.41) is 20.9. The van der Waals surface area contributed by atoms with Crippen molar-refractivity contribution in [3.8, 4) is 17.2 Å². The number of benzene rings is 3. The first-order valence-electron chi connectivity index (χ1n) is 15.5. The fraction of sp³-hybridized carbons (Fsp3) is 0.250. The zero-order chi connectivity index (χ0) is 33.6. The summed E-state index contributed by atoms with van der Waals surface area (Å²) in [6.45, 7) is 4.27. The lowest BCUT2D eigenvalue weighted by Gasteiger charge is -2.24. The number of nitrogens with zero attached hydrogens (tertiary/aromatic N) is 5. The highest BCUT2D eigenvalue weighted by Crippen LogP contribution is 2.42. The van der Waals surface area contributed by atoms with Crippen LogP contribution in [0.3, 0.4) is 0 Å². The van der Waals surface area contributed by atoms with Crippen LogP contribution in [0.4, 0.5) is 0 Å². The van der Waals surface area contributed by atoms with Crippen molar-refractivity contribution in [2.45, 2.75) is 44.4 Å². The van der Waals surface area contributed by atoms with Crippen molar-refractivity contribution < 1.29 is 19.1 Å². The highest BCUT2D eigenvalue weighted by molar-refractivity contribution is 7.99. The smallest absolute Gasteiger partial charge is 0.253 e. The summed E-state index contributed by atoms with van der Waals surface area (Å²) in [6.07, 6.45) is 0.795. The Hall–Kier alpha value is -4.94. The van der Waals surface area contributed by atoms with E-state index >= 15 is 0 Å². The number of carbonyl (C=O) groups is 2. The average Bonchev–Trinajstić information content (AvgIpc) is 3.88. The van der Waals surface area contributed by atoms with E-state index in [1.165, 1.54) is 11.8 Å². The molecule has 0 saturated carbocycles. The second kappa shape index (κ2) is 14.9. The number of methoxy groups -OCH3 is 2. The van der Waals surface area contributed by atoms with E-state index in [4.69, 9.17) is 14.6 Å². The minimum atomic E-state index is -0.382. The topological polar surface area (TPSA) is 111 Å². The van der Waals surface area contributed by atoms with Gasteiger partial charge in [-0.2, -0.15) is 5.10 Å². The van der Waals surface area contributed by atoms with Gasteiger partial charge in [-0.25, -0.2) is 5.01 Å². The van der Waals surface area contributed by atoms with Crippen molar-refractivity contribution >= 4 is 40.6 Å². The van der Waals surface area contributed by atoms with Crippen molar-refractivity contribution in [3.05, 3.63) is 117 Å². The fourth-order valence-electron chi connectivity index (χ4n) is 5.69. The Morgan fingerprint density at radius 1 is 0.958 bits per heavy atom. The van der Waals surface area contributed by atoms with E-state index in [0.717, 1.165) is 38.5 Å². The molecule has 10 nitrogen and oxygen atoms in total. The van der Waals surface area contributed by atoms with E-state index in [1.54, 1.807) is 30.6 Å². The molecule has 2 aromatic heterocycles. The van der Waals surface area contributed by atoms with Crippen LogP contribution >= 0.6 is 23.1 Å². The number of aryl methyl sites for hydroxylation is 1. The molecule has 5 aromatic rings. The first-order valence-corrected chi connectivity index (χ1v) is 17.3. The number of ether oxygens (including phenoxy) is 2. The van der Waals surface area contributed by atoms with E-state index in [-0.39, 0.29) is 36.6 Å². The van der Waals surface area contributed by atoms with Gasteiger partial charge in [-0.15, -0.1) is 21.5 Å².